The van der Waals surface area contributed by atoms with Gasteiger partial charge in [0.1, 0.15) is 5.75 Å². The maximum atomic E-state index is 13.2. The Morgan fingerprint density at radius 3 is 3.00 bits per heavy atom. The molecule has 1 atom stereocenters. The third-order valence-corrected chi connectivity index (χ3v) is 4.04. The predicted octanol–water partition coefficient (Wildman–Crippen LogP) is 2.29. The van der Waals surface area contributed by atoms with E-state index in [4.69, 9.17) is 17.1 Å². The van der Waals surface area contributed by atoms with Crippen molar-refractivity contribution in [2.75, 3.05) is 14.1 Å². The van der Waals surface area contributed by atoms with Crippen LogP contribution in [0.4, 0.5) is 0 Å². The number of nitrogens with one attached hydrogen (secondary N) is 1. The van der Waals surface area contributed by atoms with Crippen LogP contribution in [0.5, 0.6) is 11.6 Å². The first-order valence-corrected chi connectivity index (χ1v) is 7.78. The van der Waals surface area contributed by atoms with Gasteiger partial charge in [0.05, 0.1) is 50.1 Å². The van der Waals surface area contributed by atoms with E-state index in [0.29, 0.717) is 10.5 Å². The fourth-order valence-corrected chi connectivity index (χ4v) is 2.86. The molecule has 0 aromatic carbocycles. The maximum Gasteiger partial charge on any atom is 0.215 e. The first-order chi connectivity index (χ1) is 15.1. The van der Waals surface area contributed by atoms with Crippen molar-refractivity contribution in [1.29, 1.82) is 0 Å². The largest absolute Gasteiger partial charge is 0.496 e. The molecule has 3 heterocycles. The molecule has 24 heavy (non-hydrogen) atoms. The van der Waals surface area contributed by atoms with E-state index < -0.39 is 52.3 Å². The normalized spacial score (nSPS) is 18.9. The Bertz CT molecular complexity index is 1290. The minimum absolute atomic E-state index is 0.200. The smallest absolute Gasteiger partial charge is 0.215 e. The molecule has 3 aromatic heterocycles. The number of hydrogen-bond acceptors (Lipinski definition) is 6. The standard InChI is InChI=1S/C16H18N4O3S/c1-9-7-17-12(10(2)14(9)23-4)8-24(21)16-18-11-5-6-13(22-3)19-15(11)20-16/h5-7H,8H2,1-4H3,(H,18,19,20)/i3D3,5D,6D,7D,8D2/hD. The molecule has 1 N–H and O–H groups in total. The molecule has 0 spiro atoms. The predicted molar refractivity (Wildman–Crippen MR) is 90.8 cm³/mol. The number of pyridine rings is 2. The second-order valence-corrected chi connectivity index (χ2v) is 5.78. The lowest BCUT2D eigenvalue weighted by Crippen LogP contribution is -2.05. The van der Waals surface area contributed by atoms with Crippen LogP contribution in [0, 0.1) is 13.8 Å². The van der Waals surface area contributed by atoms with E-state index in [2.05, 4.69) is 19.7 Å². The SMILES string of the molecule is [2H]c1nc(C([2H])([2H])S(=O)c2nc3nc(OC([2H])([2H])[2H])c([2H])c([2H])c3n2[2H])c(C)c(OC)c1C. The molecule has 0 amide bonds. The van der Waals surface area contributed by atoms with Gasteiger partial charge in [-0.3, -0.25) is 9.19 Å². The van der Waals surface area contributed by atoms with Crippen molar-refractivity contribution in [3.63, 3.8) is 0 Å². The summed E-state index contributed by atoms with van der Waals surface area (Å²) >= 11 is 0. The number of aromatic amines is 1. The molecule has 3 aromatic rings. The van der Waals surface area contributed by atoms with Crippen molar-refractivity contribution < 1.29 is 26.1 Å². The Balaban J connectivity index is 2.19. The maximum absolute atomic E-state index is 13.2. The van der Waals surface area contributed by atoms with Crippen molar-refractivity contribution >= 4 is 22.0 Å². The van der Waals surface area contributed by atoms with Gasteiger partial charge in [-0.05, 0) is 19.9 Å². The molecule has 8 heteroatoms. The molecule has 0 bridgehead atoms. The number of methoxy groups -OCH3 is 2. The van der Waals surface area contributed by atoms with Crippen LogP contribution in [0.1, 0.15) is 27.8 Å². The highest BCUT2D eigenvalue weighted by molar-refractivity contribution is 7.84. The minimum atomic E-state index is -2.96. The van der Waals surface area contributed by atoms with E-state index in [1.807, 2.05) is 0 Å². The molecule has 0 aliphatic rings. The number of ether oxygens (including phenoxy) is 2. The molecule has 0 saturated heterocycles. The zero-order valence-corrected chi connectivity index (χ0v) is 13.7. The lowest BCUT2D eigenvalue weighted by Gasteiger charge is -2.11. The lowest BCUT2D eigenvalue weighted by atomic mass is 10.1. The molecule has 126 valence electrons. The molecule has 1 unspecified atom stereocenters. The van der Waals surface area contributed by atoms with E-state index in [9.17, 15) is 4.21 Å². The molecule has 0 fully saturated rings. The van der Waals surface area contributed by atoms with E-state index in [0.717, 1.165) is 0 Å². The second kappa shape index (κ2) is 6.56. The molecule has 0 saturated carbocycles. The van der Waals surface area contributed by atoms with Gasteiger partial charge < -0.3 is 14.5 Å². The van der Waals surface area contributed by atoms with Gasteiger partial charge in [0.15, 0.2) is 12.2 Å². The molecule has 0 aliphatic carbocycles. The molecular formula is C16H18N4O3S. The summed E-state index contributed by atoms with van der Waals surface area (Å²) in [6.07, 6.45) is -0.284. The van der Waals surface area contributed by atoms with Crippen LogP contribution >= 0.6 is 0 Å². The Morgan fingerprint density at radius 2 is 2.25 bits per heavy atom. The second-order valence-electron chi connectivity index (χ2n) is 4.67. The number of nitrogens with zero attached hydrogens (tertiary/aromatic N) is 3. The van der Waals surface area contributed by atoms with Gasteiger partial charge in [0, 0.05) is 26.1 Å². The van der Waals surface area contributed by atoms with E-state index in [1.165, 1.54) is 14.0 Å². The van der Waals surface area contributed by atoms with Crippen molar-refractivity contribution in [3.05, 3.63) is 35.1 Å². The lowest BCUT2D eigenvalue weighted by molar-refractivity contribution is 0.399. The van der Waals surface area contributed by atoms with Gasteiger partial charge in [-0.1, -0.05) is 0 Å². The highest BCUT2D eigenvalue weighted by Gasteiger charge is 2.16. The molecular weight excluding hydrogens is 328 g/mol. The van der Waals surface area contributed by atoms with Crippen LogP contribution in [0.25, 0.3) is 11.2 Å². The highest BCUT2D eigenvalue weighted by atomic mass is 32.2. The van der Waals surface area contributed by atoms with Crippen LogP contribution in [0.3, 0.4) is 0 Å². The van der Waals surface area contributed by atoms with E-state index >= 15 is 0 Å². The van der Waals surface area contributed by atoms with Crippen molar-refractivity contribution in [3.8, 4) is 11.6 Å². The average molecular weight is 355 g/mol. The van der Waals surface area contributed by atoms with E-state index in [-0.39, 0.29) is 28.7 Å². The summed E-state index contributed by atoms with van der Waals surface area (Å²) in [4.78, 5) is 11.9. The van der Waals surface area contributed by atoms with Gasteiger partial charge >= 0.3 is 0 Å². The fraction of sp³-hybridized carbons (Fsp3) is 0.312. The number of fused-ring (bicyclic) bond motifs is 1. The van der Waals surface area contributed by atoms with Gasteiger partial charge in [-0.15, -0.1) is 0 Å². The summed E-state index contributed by atoms with van der Waals surface area (Å²) in [5.41, 5.74) is -3.34. The summed E-state index contributed by atoms with van der Waals surface area (Å²) in [6.45, 7) is 3.06. The van der Waals surface area contributed by atoms with Crippen molar-refractivity contribution in [1.82, 2.24) is 19.9 Å². The number of imidazole rings is 1. The Labute approximate surface area is 154 Å². The molecule has 0 radical (unpaired) electrons. The van der Waals surface area contributed by atoms with E-state index in [1.54, 1.807) is 6.92 Å². The van der Waals surface area contributed by atoms with Gasteiger partial charge in [-0.25, -0.2) is 4.98 Å². The first kappa shape index (κ1) is 8.57. The Kier molecular flexibility index (Phi) is 2.34. The Morgan fingerprint density at radius 1 is 1.42 bits per heavy atom. The summed E-state index contributed by atoms with van der Waals surface area (Å²) < 4.78 is 93.6. The monoisotopic (exact) mass is 355 g/mol. The third kappa shape index (κ3) is 2.96. The number of aromatic nitrogens is 4. The van der Waals surface area contributed by atoms with Crippen LogP contribution in [0.15, 0.2) is 23.4 Å². The van der Waals surface area contributed by atoms with Crippen LogP contribution in [-0.4, -0.2) is 38.3 Å². The van der Waals surface area contributed by atoms with Crippen molar-refractivity contribution in [2.45, 2.75) is 24.7 Å². The number of hydrogen-bond donors (Lipinski definition) is 1. The molecule has 3 rings (SSSR count). The van der Waals surface area contributed by atoms with Crippen LogP contribution in [-0.2, 0) is 16.5 Å². The summed E-state index contributed by atoms with van der Waals surface area (Å²) in [7, 11) is -4.33. The van der Waals surface area contributed by atoms with Gasteiger partial charge in [0.25, 0.3) is 0 Å². The van der Waals surface area contributed by atoms with Crippen LogP contribution < -0.4 is 9.47 Å². The zero-order valence-electron chi connectivity index (χ0n) is 21.9. The third-order valence-electron chi connectivity index (χ3n) is 3.14. The number of H-pyrrole nitrogens is 1. The van der Waals surface area contributed by atoms with Crippen LogP contribution in [0.2, 0.25) is 1.41 Å². The summed E-state index contributed by atoms with van der Waals surface area (Å²) in [5.74, 6) is -0.531. The number of rotatable bonds is 5. The quantitative estimate of drug-likeness (QED) is 0.755. The van der Waals surface area contributed by atoms with Crippen molar-refractivity contribution in [2.24, 2.45) is 0 Å². The summed E-state index contributed by atoms with van der Waals surface area (Å²) in [5, 5.41) is -0.659. The summed E-state index contributed by atoms with van der Waals surface area (Å²) in [6, 6.07) is -1.39. The average Bonchev–Trinajstić information content (AvgIpc) is 3.03. The fourth-order valence-electron chi connectivity index (χ4n) is 2.05. The van der Waals surface area contributed by atoms with Gasteiger partial charge in [0.2, 0.25) is 5.88 Å². The highest BCUT2D eigenvalue weighted by Crippen LogP contribution is 2.25. The topological polar surface area (TPSA) is 90.0 Å². The minimum Gasteiger partial charge on any atom is -0.496 e. The Hall–Kier alpha value is -2.48. The van der Waals surface area contributed by atoms with Gasteiger partial charge in [-0.2, -0.15) is 4.98 Å². The molecule has 7 nitrogen and oxygen atoms in total. The zero-order chi connectivity index (χ0) is 25.0. The molecule has 0 aliphatic heterocycles. The first-order valence-electron chi connectivity index (χ1n) is 11.1.